The van der Waals surface area contributed by atoms with Crippen molar-refractivity contribution < 1.29 is 0 Å². The zero-order chi connectivity index (χ0) is 28.6. The number of nitrogens with one attached hydrogen (secondary N) is 1. The minimum atomic E-state index is 0. The summed E-state index contributed by atoms with van der Waals surface area (Å²) in [5.41, 5.74) is 19.4. The number of H-pyrrole nitrogens is 1. The number of nitrogens with zero attached hydrogens (tertiary/aromatic N) is 3. The summed E-state index contributed by atoms with van der Waals surface area (Å²) in [7, 11) is 0. The van der Waals surface area contributed by atoms with E-state index in [4.69, 9.17) is 9.97 Å². The topological polar surface area (TPSA) is 46.5 Å². The summed E-state index contributed by atoms with van der Waals surface area (Å²) in [6.07, 6.45) is 13.5. The van der Waals surface area contributed by atoms with Crippen LogP contribution in [-0.2, 0) is 45.1 Å². The zero-order valence-electron chi connectivity index (χ0n) is 26.4. The molecule has 0 fully saturated rings. The molecule has 3 aromatic rings. The number of fused-ring (bicyclic) bond motifs is 8. The summed E-state index contributed by atoms with van der Waals surface area (Å²) in [4.78, 5) is 14.3. The van der Waals surface area contributed by atoms with Crippen molar-refractivity contribution in [1.82, 2.24) is 19.5 Å². The van der Waals surface area contributed by atoms with E-state index < -0.39 is 0 Å². The van der Waals surface area contributed by atoms with Crippen LogP contribution in [0.2, 0.25) is 0 Å². The molecule has 0 spiro atoms. The van der Waals surface area contributed by atoms with Gasteiger partial charge in [0, 0.05) is 58.1 Å². The third-order valence-corrected chi connectivity index (χ3v) is 8.86. The molecule has 5 heteroatoms. The fourth-order valence-electron chi connectivity index (χ4n) is 7.09. The third kappa shape index (κ3) is 5.26. The van der Waals surface area contributed by atoms with Gasteiger partial charge in [-0.3, -0.25) is 0 Å². The van der Waals surface area contributed by atoms with Crippen LogP contribution in [0.4, 0.5) is 0 Å². The van der Waals surface area contributed by atoms with Gasteiger partial charge < -0.3 is 9.55 Å². The van der Waals surface area contributed by atoms with Crippen molar-refractivity contribution in [3.8, 4) is 0 Å². The van der Waals surface area contributed by atoms with Crippen LogP contribution in [0, 0.1) is 0 Å². The second-order valence-corrected chi connectivity index (χ2v) is 10.8. The van der Waals surface area contributed by atoms with Gasteiger partial charge in [0.15, 0.2) is 0 Å². The fraction of sp³-hybridized carbons (Fsp3) is 0.444. The molecule has 5 heterocycles. The standard InChI is InChI=1S/C36H46N4.Sn/c1-9-22-19-25-20-23-17-18-24(37-23)21-32-26(10-2)29(13-5)36(40(32)16-8)31(15-7)35-28(12-4)27(11-3)34(39-35)30(14-6)33(22)38-25;/h17-21,39H,9-16H2,1-8H3;. The monoisotopic (exact) mass is 654 g/mol. The van der Waals surface area contributed by atoms with Crippen LogP contribution < -0.4 is 0 Å². The first-order valence-electron chi connectivity index (χ1n) is 15.7. The van der Waals surface area contributed by atoms with Gasteiger partial charge in [0.2, 0.25) is 0 Å². The number of rotatable bonds is 8. The molecule has 8 bridgehead atoms. The molecule has 1 N–H and O–H groups in total. The fourth-order valence-corrected chi connectivity index (χ4v) is 7.09. The summed E-state index contributed by atoms with van der Waals surface area (Å²) < 4.78 is 2.57. The third-order valence-electron chi connectivity index (χ3n) is 8.86. The molecular weight excluding hydrogens is 607 g/mol. The summed E-state index contributed by atoms with van der Waals surface area (Å²) in [5.74, 6) is 0. The predicted molar refractivity (Wildman–Crippen MR) is 179 cm³/mol. The van der Waals surface area contributed by atoms with E-state index in [1.807, 2.05) is 0 Å². The Morgan fingerprint density at radius 2 is 1.15 bits per heavy atom. The Balaban J connectivity index is 0.00000387. The molecule has 2 aliphatic heterocycles. The van der Waals surface area contributed by atoms with Gasteiger partial charge in [0.05, 0.1) is 22.8 Å². The van der Waals surface area contributed by atoms with Crippen molar-refractivity contribution in [3.63, 3.8) is 0 Å². The average molecular weight is 654 g/mol. The molecule has 5 rings (SSSR count). The molecule has 0 unspecified atom stereocenters. The Bertz CT molecular complexity index is 1680. The van der Waals surface area contributed by atoms with Crippen molar-refractivity contribution in [2.45, 2.75) is 107 Å². The second-order valence-electron chi connectivity index (χ2n) is 10.8. The Hall–Kier alpha value is -2.60. The van der Waals surface area contributed by atoms with Gasteiger partial charge in [-0.25, -0.2) is 9.97 Å². The molecule has 2 aliphatic rings. The van der Waals surface area contributed by atoms with Crippen LogP contribution in [0.1, 0.15) is 118 Å². The summed E-state index contributed by atoms with van der Waals surface area (Å²) >= 11 is 0. The maximum absolute atomic E-state index is 5.22. The van der Waals surface area contributed by atoms with E-state index in [0.717, 1.165) is 74.3 Å². The second kappa shape index (κ2) is 13.1. The first-order valence-corrected chi connectivity index (χ1v) is 15.7. The number of hydrogen-bond donors (Lipinski definition) is 1. The summed E-state index contributed by atoms with van der Waals surface area (Å²) in [6.45, 7) is 19.3. The number of allylic oxidation sites excluding steroid dienone is 1. The minimum absolute atomic E-state index is 0. The van der Waals surface area contributed by atoms with E-state index >= 15 is 0 Å². The largest absolute Gasteiger partial charge is 0.354 e. The van der Waals surface area contributed by atoms with Gasteiger partial charge in [0.1, 0.15) is 0 Å². The normalized spacial score (nSPS) is 12.5. The van der Waals surface area contributed by atoms with Gasteiger partial charge in [0.25, 0.3) is 0 Å². The van der Waals surface area contributed by atoms with Gasteiger partial charge in [-0.2, -0.15) is 0 Å². The molecule has 0 amide bonds. The van der Waals surface area contributed by atoms with E-state index in [1.165, 1.54) is 61.0 Å². The maximum atomic E-state index is 5.22. The van der Waals surface area contributed by atoms with E-state index in [2.05, 4.69) is 95.3 Å². The molecule has 4 radical (unpaired) electrons. The van der Waals surface area contributed by atoms with Gasteiger partial charge in [-0.05, 0) is 116 Å². The Morgan fingerprint density at radius 1 is 0.585 bits per heavy atom. The van der Waals surface area contributed by atoms with Gasteiger partial charge in [-0.1, -0.05) is 48.5 Å². The van der Waals surface area contributed by atoms with Crippen molar-refractivity contribution in [2.75, 3.05) is 0 Å². The van der Waals surface area contributed by atoms with Crippen LogP contribution in [0.15, 0.2) is 12.1 Å². The van der Waals surface area contributed by atoms with Crippen LogP contribution in [0.3, 0.4) is 0 Å². The Morgan fingerprint density at radius 3 is 1.68 bits per heavy atom. The molecule has 41 heavy (non-hydrogen) atoms. The number of aromatic nitrogens is 4. The van der Waals surface area contributed by atoms with E-state index in [-0.39, 0.29) is 23.9 Å². The van der Waals surface area contributed by atoms with Crippen molar-refractivity contribution in [1.29, 1.82) is 0 Å². The summed E-state index contributed by atoms with van der Waals surface area (Å²) in [5, 5.41) is 0. The van der Waals surface area contributed by atoms with E-state index in [9.17, 15) is 0 Å². The smallest absolute Gasteiger partial charge is 0.0722 e. The van der Waals surface area contributed by atoms with Crippen molar-refractivity contribution >= 4 is 69.8 Å². The Kier molecular flexibility index (Phi) is 10.0. The quantitative estimate of drug-likeness (QED) is 0.193. The average Bonchev–Trinajstić information content (AvgIpc) is 3.73. The van der Waals surface area contributed by atoms with Crippen LogP contribution in [-0.4, -0.2) is 43.4 Å². The molecule has 0 saturated heterocycles. The number of aromatic amines is 1. The molecule has 0 aliphatic carbocycles. The van der Waals surface area contributed by atoms with Crippen LogP contribution in [0.5, 0.6) is 0 Å². The minimum Gasteiger partial charge on any atom is -0.354 e. The van der Waals surface area contributed by atoms with Crippen molar-refractivity contribution in [2.24, 2.45) is 0 Å². The molecule has 214 valence electrons. The van der Waals surface area contributed by atoms with Crippen LogP contribution in [0.25, 0.3) is 45.9 Å². The molecule has 4 nitrogen and oxygen atoms in total. The first-order chi connectivity index (χ1) is 19.5. The SMILES string of the molecule is CCC1=Cc2cc3nc(cc4c(CC)c(CC)c(c(CC)c5[nH]c(c(CC)c1n2)c(CC)c5CC)n4CC)C=C3.[Sn]. The maximum Gasteiger partial charge on any atom is 0.0722 e. The van der Waals surface area contributed by atoms with Gasteiger partial charge in [-0.15, -0.1) is 0 Å². The molecule has 0 aromatic carbocycles. The predicted octanol–water partition coefficient (Wildman–Crippen LogP) is 8.92. The molecular formula is C36H46N4Sn. The van der Waals surface area contributed by atoms with E-state index in [0.29, 0.717) is 0 Å². The van der Waals surface area contributed by atoms with Gasteiger partial charge >= 0.3 is 0 Å². The molecule has 0 saturated carbocycles. The zero-order valence-corrected chi connectivity index (χ0v) is 29.2. The van der Waals surface area contributed by atoms with Crippen LogP contribution >= 0.6 is 0 Å². The first kappa shape index (κ1) is 31.3. The van der Waals surface area contributed by atoms with Crippen molar-refractivity contribution in [3.05, 3.63) is 68.3 Å². The number of aryl methyl sites for hydroxylation is 7. The molecule has 0 atom stereocenters. The van der Waals surface area contributed by atoms with E-state index in [1.54, 1.807) is 0 Å². The molecule has 3 aromatic heterocycles. The number of hydrogen-bond acceptors (Lipinski definition) is 2. The summed E-state index contributed by atoms with van der Waals surface area (Å²) in [6, 6.07) is 4.45. The Labute approximate surface area is 263 Å².